The normalized spacial score (nSPS) is 9.23. The van der Waals surface area contributed by atoms with E-state index in [9.17, 15) is 4.79 Å². The summed E-state index contributed by atoms with van der Waals surface area (Å²) >= 11 is 1.05. The highest BCUT2D eigenvalue weighted by Crippen LogP contribution is 2.24. The summed E-state index contributed by atoms with van der Waals surface area (Å²) in [4.78, 5) is 11.9. The van der Waals surface area contributed by atoms with Crippen LogP contribution in [0.15, 0.2) is 6.07 Å². The Morgan fingerprint density at radius 2 is 2.54 bits per heavy atom. The summed E-state index contributed by atoms with van der Waals surface area (Å²) in [6.45, 7) is 2.02. The van der Waals surface area contributed by atoms with Gasteiger partial charge < -0.3 is 10.5 Å². The molecule has 0 saturated heterocycles. The minimum atomic E-state index is -0.466. The molecule has 0 fully saturated rings. The molecule has 0 bridgehead atoms. The molecule has 0 amide bonds. The van der Waals surface area contributed by atoms with Gasteiger partial charge in [-0.05, 0) is 13.0 Å². The fourth-order valence-electron chi connectivity index (χ4n) is 0.816. The topological polar surface area (TPSA) is 76.1 Å². The molecule has 68 valence electrons. The van der Waals surface area contributed by atoms with Gasteiger partial charge in [0.1, 0.15) is 15.8 Å². The van der Waals surface area contributed by atoms with Crippen molar-refractivity contribution in [1.82, 2.24) is 0 Å². The number of nitrogen functional groups attached to an aromatic ring is 1. The largest absolute Gasteiger partial charge is 0.462 e. The number of carbonyl (C=O) groups excluding carboxylic acids is 1. The van der Waals surface area contributed by atoms with Crippen molar-refractivity contribution in [2.45, 2.75) is 6.92 Å². The molecule has 4 nitrogen and oxygen atoms in total. The Morgan fingerprint density at radius 3 is 3.00 bits per heavy atom. The third-order valence-electron chi connectivity index (χ3n) is 1.33. The van der Waals surface area contributed by atoms with Crippen molar-refractivity contribution in [2.24, 2.45) is 0 Å². The molecule has 5 heteroatoms. The molecule has 0 radical (unpaired) electrons. The molecule has 1 heterocycles. The minimum absolute atomic E-state index is 0.304. The predicted octanol–water partition coefficient (Wildman–Crippen LogP) is 1.38. The van der Waals surface area contributed by atoms with Gasteiger partial charge in [-0.15, -0.1) is 11.3 Å². The van der Waals surface area contributed by atoms with Crippen LogP contribution in [0.5, 0.6) is 0 Å². The summed E-state index contributed by atoms with van der Waals surface area (Å²) in [7, 11) is 0. The van der Waals surface area contributed by atoms with E-state index in [1.165, 1.54) is 6.07 Å². The lowest BCUT2D eigenvalue weighted by molar-refractivity contribution is 0.0533. The summed E-state index contributed by atoms with van der Waals surface area (Å²) in [5, 5.41) is 8.54. The summed E-state index contributed by atoms with van der Waals surface area (Å²) < 4.78 is 4.75. The number of nitrogens with two attached hydrogens (primary N) is 1. The van der Waals surface area contributed by atoms with Crippen molar-refractivity contribution in [2.75, 3.05) is 12.3 Å². The second kappa shape index (κ2) is 3.92. The zero-order chi connectivity index (χ0) is 9.84. The minimum Gasteiger partial charge on any atom is -0.462 e. The van der Waals surface area contributed by atoms with Gasteiger partial charge in [-0.1, -0.05) is 0 Å². The van der Waals surface area contributed by atoms with Crippen LogP contribution in [0.25, 0.3) is 0 Å². The Kier molecular flexibility index (Phi) is 2.88. The number of hydrogen-bond donors (Lipinski definition) is 1. The summed E-state index contributed by atoms with van der Waals surface area (Å²) in [6, 6.07) is 3.39. The maximum absolute atomic E-state index is 11.2. The zero-order valence-corrected chi connectivity index (χ0v) is 7.85. The molecule has 0 aliphatic heterocycles. The Hall–Kier alpha value is -1.54. The lowest BCUT2D eigenvalue weighted by Crippen LogP contribution is -2.04. The van der Waals surface area contributed by atoms with Crippen molar-refractivity contribution in [3.63, 3.8) is 0 Å². The highest BCUT2D eigenvalue weighted by molar-refractivity contribution is 7.15. The Bertz CT molecular complexity index is 365. The molecular weight excluding hydrogens is 188 g/mol. The van der Waals surface area contributed by atoms with Gasteiger partial charge in [0.05, 0.1) is 12.3 Å². The molecule has 13 heavy (non-hydrogen) atoms. The van der Waals surface area contributed by atoms with E-state index in [2.05, 4.69) is 0 Å². The number of carbonyl (C=O) groups is 1. The summed E-state index contributed by atoms with van der Waals surface area (Å²) in [5.41, 5.74) is 5.81. The molecule has 0 atom stereocenters. The van der Waals surface area contributed by atoms with Crippen LogP contribution >= 0.6 is 11.3 Å². The van der Waals surface area contributed by atoms with Crippen molar-refractivity contribution < 1.29 is 9.53 Å². The van der Waals surface area contributed by atoms with Gasteiger partial charge >= 0.3 is 5.97 Å². The van der Waals surface area contributed by atoms with Gasteiger partial charge in [0.15, 0.2) is 0 Å². The van der Waals surface area contributed by atoms with Crippen molar-refractivity contribution in [3.05, 3.63) is 15.8 Å². The van der Waals surface area contributed by atoms with Gasteiger partial charge in [-0.3, -0.25) is 0 Å². The van der Waals surface area contributed by atoms with E-state index in [4.69, 9.17) is 15.7 Å². The van der Waals surface area contributed by atoms with Crippen LogP contribution in [-0.4, -0.2) is 12.6 Å². The first-order chi connectivity index (χ1) is 6.19. The van der Waals surface area contributed by atoms with E-state index in [1.54, 1.807) is 6.92 Å². The van der Waals surface area contributed by atoms with Crippen LogP contribution in [0.2, 0.25) is 0 Å². The van der Waals surface area contributed by atoms with Crippen LogP contribution in [-0.2, 0) is 4.74 Å². The standard InChI is InChI=1S/C8H8N2O2S/c1-2-12-8(11)7-6(10)3-5(4-9)13-7/h3H,2,10H2,1H3. The number of ether oxygens (including phenoxy) is 1. The molecule has 0 aromatic carbocycles. The first kappa shape index (κ1) is 9.55. The molecular formula is C8H8N2O2S. The number of nitrogens with zero attached hydrogens (tertiary/aromatic N) is 1. The Labute approximate surface area is 79.5 Å². The molecule has 2 N–H and O–H groups in total. The van der Waals surface area contributed by atoms with Gasteiger partial charge in [0, 0.05) is 0 Å². The van der Waals surface area contributed by atoms with Crippen LogP contribution in [0.1, 0.15) is 21.5 Å². The maximum atomic E-state index is 11.2. The average molecular weight is 196 g/mol. The highest BCUT2D eigenvalue weighted by Gasteiger charge is 2.14. The number of nitriles is 1. The van der Waals surface area contributed by atoms with Crippen LogP contribution in [0.3, 0.4) is 0 Å². The molecule has 1 rings (SSSR count). The van der Waals surface area contributed by atoms with Crippen molar-refractivity contribution in [3.8, 4) is 6.07 Å². The first-order valence-corrected chi connectivity index (χ1v) is 4.47. The number of anilines is 1. The van der Waals surface area contributed by atoms with Crippen molar-refractivity contribution in [1.29, 1.82) is 5.26 Å². The zero-order valence-electron chi connectivity index (χ0n) is 7.03. The molecule has 1 aromatic heterocycles. The van der Waals surface area contributed by atoms with Gasteiger partial charge in [-0.2, -0.15) is 5.26 Å². The Morgan fingerprint density at radius 1 is 1.85 bits per heavy atom. The molecule has 0 spiro atoms. The van der Waals surface area contributed by atoms with E-state index >= 15 is 0 Å². The van der Waals surface area contributed by atoms with E-state index in [0.29, 0.717) is 22.0 Å². The SMILES string of the molecule is CCOC(=O)c1sc(C#N)cc1N. The maximum Gasteiger partial charge on any atom is 0.350 e. The first-order valence-electron chi connectivity index (χ1n) is 3.65. The smallest absolute Gasteiger partial charge is 0.350 e. The van der Waals surface area contributed by atoms with E-state index in [1.807, 2.05) is 6.07 Å². The Balaban J connectivity index is 2.95. The lowest BCUT2D eigenvalue weighted by Gasteiger charge is -1.98. The summed E-state index contributed by atoms with van der Waals surface area (Å²) in [6.07, 6.45) is 0. The molecule has 1 aromatic rings. The van der Waals surface area contributed by atoms with E-state index in [0.717, 1.165) is 11.3 Å². The van der Waals surface area contributed by atoms with Crippen LogP contribution in [0.4, 0.5) is 5.69 Å². The average Bonchev–Trinajstić information content (AvgIpc) is 2.47. The quantitative estimate of drug-likeness (QED) is 0.725. The second-order valence-electron chi connectivity index (χ2n) is 2.23. The van der Waals surface area contributed by atoms with Crippen LogP contribution < -0.4 is 5.73 Å². The predicted molar refractivity (Wildman–Crippen MR) is 49.4 cm³/mol. The van der Waals surface area contributed by atoms with Gasteiger partial charge in [0.25, 0.3) is 0 Å². The fraction of sp³-hybridized carbons (Fsp3) is 0.250. The van der Waals surface area contributed by atoms with E-state index < -0.39 is 5.97 Å². The van der Waals surface area contributed by atoms with Gasteiger partial charge in [0.2, 0.25) is 0 Å². The number of rotatable bonds is 2. The molecule has 0 unspecified atom stereocenters. The number of hydrogen-bond acceptors (Lipinski definition) is 5. The monoisotopic (exact) mass is 196 g/mol. The lowest BCUT2D eigenvalue weighted by atomic mass is 10.4. The van der Waals surface area contributed by atoms with Crippen molar-refractivity contribution >= 4 is 23.0 Å². The van der Waals surface area contributed by atoms with Crippen LogP contribution in [0, 0.1) is 11.3 Å². The second-order valence-corrected chi connectivity index (χ2v) is 3.28. The number of esters is 1. The highest BCUT2D eigenvalue weighted by atomic mass is 32.1. The van der Waals surface area contributed by atoms with E-state index in [-0.39, 0.29) is 0 Å². The fourth-order valence-corrected chi connectivity index (χ4v) is 1.59. The molecule has 0 aliphatic carbocycles. The molecule has 0 saturated carbocycles. The third kappa shape index (κ3) is 1.98. The summed E-state index contributed by atoms with van der Waals surface area (Å²) in [5.74, 6) is -0.466. The molecule has 0 aliphatic rings. The number of thiophene rings is 1. The third-order valence-corrected chi connectivity index (χ3v) is 2.37. The van der Waals surface area contributed by atoms with Gasteiger partial charge in [-0.25, -0.2) is 4.79 Å².